The number of likely N-dealkylation sites (N-methyl/N-ethyl adjacent to an activating group) is 1. The van der Waals surface area contributed by atoms with Gasteiger partial charge in [-0.15, -0.1) is 10.2 Å². The topological polar surface area (TPSA) is 63.9 Å². The van der Waals surface area contributed by atoms with E-state index in [4.69, 9.17) is 0 Å². The fourth-order valence-electron chi connectivity index (χ4n) is 3.70. The predicted octanol–water partition coefficient (Wildman–Crippen LogP) is 3.41. The van der Waals surface area contributed by atoms with Gasteiger partial charge < -0.3 is 9.47 Å². The Morgan fingerprint density at radius 1 is 1.18 bits per heavy atom. The minimum absolute atomic E-state index is 0.0679. The lowest BCUT2D eigenvalue weighted by Gasteiger charge is -2.29. The van der Waals surface area contributed by atoms with Gasteiger partial charge >= 0.3 is 0 Å². The molecule has 0 radical (unpaired) electrons. The number of halogens is 1. The molecule has 7 heteroatoms. The zero-order chi connectivity index (χ0) is 19.5. The molecule has 0 N–H and O–H groups in total. The quantitative estimate of drug-likeness (QED) is 0.682. The van der Waals surface area contributed by atoms with E-state index < -0.39 is 0 Å². The smallest absolute Gasteiger partial charge is 0.233 e. The van der Waals surface area contributed by atoms with E-state index in [0.29, 0.717) is 24.7 Å². The highest BCUT2D eigenvalue weighted by atomic mass is 19.1. The lowest BCUT2D eigenvalue weighted by atomic mass is 9.96. The van der Waals surface area contributed by atoms with Gasteiger partial charge in [-0.05, 0) is 61.7 Å². The molecule has 1 atom stereocenters. The first-order valence-electron chi connectivity index (χ1n) is 9.54. The van der Waals surface area contributed by atoms with Crippen molar-refractivity contribution in [1.29, 1.82) is 0 Å². The summed E-state index contributed by atoms with van der Waals surface area (Å²) in [6.07, 6.45) is 5.11. The van der Waals surface area contributed by atoms with Gasteiger partial charge in [-0.3, -0.25) is 9.78 Å². The minimum Gasteiger partial charge on any atom is -0.338 e. The Labute approximate surface area is 163 Å². The second kappa shape index (κ2) is 7.88. The summed E-state index contributed by atoms with van der Waals surface area (Å²) in [5.74, 6) is 0.855. The van der Waals surface area contributed by atoms with Crippen LogP contribution in [-0.2, 0) is 17.9 Å². The van der Waals surface area contributed by atoms with E-state index >= 15 is 0 Å². The van der Waals surface area contributed by atoms with Crippen molar-refractivity contribution in [2.24, 2.45) is 0 Å². The van der Waals surface area contributed by atoms with E-state index in [0.717, 1.165) is 30.5 Å². The molecule has 6 nitrogen and oxygen atoms in total. The maximum absolute atomic E-state index is 13.3. The number of carbonyl (C=O) groups excluding carboxylic acids is 1. The largest absolute Gasteiger partial charge is 0.338 e. The van der Waals surface area contributed by atoms with Crippen molar-refractivity contribution >= 4 is 5.91 Å². The molecule has 0 fully saturated rings. The molecule has 28 heavy (non-hydrogen) atoms. The fraction of sp³-hybridized carbons (Fsp3) is 0.333. The summed E-state index contributed by atoms with van der Waals surface area (Å²) < 4.78 is 15.2. The number of amides is 1. The van der Waals surface area contributed by atoms with E-state index in [1.165, 1.54) is 12.1 Å². The summed E-state index contributed by atoms with van der Waals surface area (Å²) in [5, 5.41) is 8.65. The summed E-state index contributed by atoms with van der Waals surface area (Å²) >= 11 is 0. The van der Waals surface area contributed by atoms with Crippen LogP contribution in [0.4, 0.5) is 4.39 Å². The molecule has 1 amide bonds. The van der Waals surface area contributed by atoms with Crippen LogP contribution < -0.4 is 0 Å². The molecule has 1 aromatic carbocycles. The van der Waals surface area contributed by atoms with Crippen molar-refractivity contribution in [3.8, 4) is 11.4 Å². The number of fused-ring (bicyclic) bond motifs is 1. The lowest BCUT2D eigenvalue weighted by molar-refractivity contribution is -0.134. The number of nitrogens with zero attached hydrogens (tertiary/aromatic N) is 5. The maximum Gasteiger partial charge on any atom is 0.233 e. The highest BCUT2D eigenvalue weighted by Gasteiger charge is 2.33. The molecule has 0 bridgehead atoms. The zero-order valence-corrected chi connectivity index (χ0v) is 15.8. The third-order valence-electron chi connectivity index (χ3n) is 5.18. The van der Waals surface area contributed by atoms with E-state index in [9.17, 15) is 9.18 Å². The van der Waals surface area contributed by atoms with Crippen LogP contribution in [0.2, 0.25) is 0 Å². The molecule has 0 aliphatic carbocycles. The van der Waals surface area contributed by atoms with Crippen LogP contribution in [0.1, 0.15) is 37.1 Å². The van der Waals surface area contributed by atoms with Crippen molar-refractivity contribution in [2.45, 2.75) is 38.8 Å². The van der Waals surface area contributed by atoms with Crippen LogP contribution in [0.5, 0.6) is 0 Å². The Morgan fingerprint density at radius 2 is 1.93 bits per heavy atom. The van der Waals surface area contributed by atoms with E-state index in [1.807, 2.05) is 28.5 Å². The zero-order valence-electron chi connectivity index (χ0n) is 15.8. The van der Waals surface area contributed by atoms with Crippen molar-refractivity contribution in [2.75, 3.05) is 6.54 Å². The minimum atomic E-state index is -0.308. The monoisotopic (exact) mass is 379 g/mol. The highest BCUT2D eigenvalue weighted by Crippen LogP contribution is 2.32. The molecular formula is C21H22FN5O. The van der Waals surface area contributed by atoms with Crippen LogP contribution in [0.3, 0.4) is 0 Å². The first kappa shape index (κ1) is 18.3. The molecule has 144 valence electrons. The first-order valence-corrected chi connectivity index (χ1v) is 9.54. The van der Waals surface area contributed by atoms with Gasteiger partial charge in [-0.25, -0.2) is 4.39 Å². The van der Waals surface area contributed by atoms with Crippen molar-refractivity contribution < 1.29 is 9.18 Å². The van der Waals surface area contributed by atoms with Gasteiger partial charge in [0.2, 0.25) is 5.91 Å². The Morgan fingerprint density at radius 3 is 2.64 bits per heavy atom. The highest BCUT2D eigenvalue weighted by molar-refractivity contribution is 5.83. The Kier molecular flexibility index (Phi) is 5.14. The number of benzene rings is 1. The van der Waals surface area contributed by atoms with Gasteiger partial charge in [-0.1, -0.05) is 0 Å². The van der Waals surface area contributed by atoms with E-state index in [1.54, 1.807) is 24.5 Å². The lowest BCUT2D eigenvalue weighted by Crippen LogP contribution is -2.37. The average molecular weight is 379 g/mol. The molecule has 1 aliphatic heterocycles. The summed E-state index contributed by atoms with van der Waals surface area (Å²) in [7, 11) is 0. The van der Waals surface area contributed by atoms with Gasteiger partial charge in [0.15, 0.2) is 5.82 Å². The number of rotatable bonds is 5. The predicted molar refractivity (Wildman–Crippen MR) is 103 cm³/mol. The molecule has 1 aliphatic rings. The molecular weight excluding hydrogens is 357 g/mol. The maximum atomic E-state index is 13.3. The fourth-order valence-corrected chi connectivity index (χ4v) is 3.70. The van der Waals surface area contributed by atoms with Gasteiger partial charge in [0.05, 0.1) is 5.92 Å². The molecule has 0 saturated carbocycles. The SMILES string of the molecule is CCN(Cc1ccncc1)C(=O)C1CCCn2c(-c3ccc(F)cc3)nnc21. The molecule has 0 saturated heterocycles. The molecule has 1 unspecified atom stereocenters. The van der Waals surface area contributed by atoms with E-state index in [-0.39, 0.29) is 17.6 Å². The van der Waals surface area contributed by atoms with Crippen molar-refractivity contribution in [1.82, 2.24) is 24.6 Å². The Bertz CT molecular complexity index is 955. The van der Waals surface area contributed by atoms with Gasteiger partial charge in [0.1, 0.15) is 11.6 Å². The normalized spacial score (nSPS) is 15.9. The number of aromatic nitrogens is 4. The second-order valence-electron chi connectivity index (χ2n) is 6.94. The first-order chi connectivity index (χ1) is 13.7. The third-order valence-corrected chi connectivity index (χ3v) is 5.18. The number of pyridine rings is 1. The third kappa shape index (κ3) is 3.52. The Balaban J connectivity index is 1.60. The molecule has 0 spiro atoms. The summed E-state index contributed by atoms with van der Waals surface area (Å²) in [6.45, 7) is 3.91. The van der Waals surface area contributed by atoms with Gasteiger partial charge in [-0.2, -0.15) is 0 Å². The number of hydrogen-bond acceptors (Lipinski definition) is 4. The van der Waals surface area contributed by atoms with Crippen LogP contribution in [-0.4, -0.2) is 37.1 Å². The van der Waals surface area contributed by atoms with Gasteiger partial charge in [0.25, 0.3) is 0 Å². The summed E-state index contributed by atoms with van der Waals surface area (Å²) in [5.41, 5.74) is 1.85. The Hall–Kier alpha value is -3.09. The summed E-state index contributed by atoms with van der Waals surface area (Å²) in [6, 6.07) is 10.1. The number of carbonyl (C=O) groups is 1. The molecule has 2 aromatic heterocycles. The second-order valence-corrected chi connectivity index (χ2v) is 6.94. The van der Waals surface area contributed by atoms with Crippen LogP contribution in [0, 0.1) is 5.82 Å². The molecule has 4 rings (SSSR count). The van der Waals surface area contributed by atoms with Crippen LogP contribution in [0.25, 0.3) is 11.4 Å². The standard InChI is InChI=1S/C21H22FN5O/c1-2-26(14-15-9-11-23-12-10-15)21(28)18-4-3-13-27-19(24-25-20(18)27)16-5-7-17(22)8-6-16/h5-12,18H,2-4,13-14H2,1H3. The molecule has 3 aromatic rings. The van der Waals surface area contributed by atoms with E-state index in [2.05, 4.69) is 15.2 Å². The molecule has 3 heterocycles. The van der Waals surface area contributed by atoms with Crippen molar-refractivity contribution in [3.63, 3.8) is 0 Å². The van der Waals surface area contributed by atoms with Crippen LogP contribution >= 0.6 is 0 Å². The number of hydrogen-bond donors (Lipinski definition) is 0. The summed E-state index contributed by atoms with van der Waals surface area (Å²) in [4.78, 5) is 19.1. The van der Waals surface area contributed by atoms with Crippen molar-refractivity contribution in [3.05, 3.63) is 66.0 Å². The average Bonchev–Trinajstić information content (AvgIpc) is 3.17. The van der Waals surface area contributed by atoms with Gasteiger partial charge in [0, 0.05) is 37.6 Å². The van der Waals surface area contributed by atoms with Crippen LogP contribution in [0.15, 0.2) is 48.8 Å².